The summed E-state index contributed by atoms with van der Waals surface area (Å²) >= 11 is 1.48. The van der Waals surface area contributed by atoms with E-state index in [0.29, 0.717) is 55.8 Å². The maximum Gasteiger partial charge on any atom is 0.573 e. The van der Waals surface area contributed by atoms with Crippen molar-refractivity contribution in [3.63, 3.8) is 0 Å². The molecule has 1 N–H and O–H groups in total. The number of benzene rings is 1. The Labute approximate surface area is 247 Å². The molecule has 4 rings (SSSR count). The first-order valence-corrected chi connectivity index (χ1v) is 15.1. The third-order valence-corrected chi connectivity index (χ3v) is 7.44. The molecule has 0 saturated heterocycles. The van der Waals surface area contributed by atoms with Gasteiger partial charge in [0, 0.05) is 30.9 Å². The van der Waals surface area contributed by atoms with Crippen molar-refractivity contribution in [2.24, 2.45) is 5.92 Å². The van der Waals surface area contributed by atoms with Gasteiger partial charge in [-0.1, -0.05) is 26.0 Å². The number of aromatic nitrogens is 3. The Hall–Kier alpha value is -3.74. The molecule has 0 bridgehead atoms. The molecule has 226 valence electrons. The molecule has 1 aromatic heterocycles. The van der Waals surface area contributed by atoms with Crippen LogP contribution in [0.25, 0.3) is 11.3 Å². The Balaban J connectivity index is 1.36. The van der Waals surface area contributed by atoms with Crippen molar-refractivity contribution in [2.45, 2.75) is 39.5 Å². The summed E-state index contributed by atoms with van der Waals surface area (Å²) in [7, 11) is 0. The summed E-state index contributed by atoms with van der Waals surface area (Å²) in [6.07, 6.45) is 7.19. The highest BCUT2D eigenvalue weighted by molar-refractivity contribution is 7.99. The summed E-state index contributed by atoms with van der Waals surface area (Å²) in [5.74, 6) is 0.801. The fraction of sp³-hybridized carbons (Fsp3) is 0.448. The lowest BCUT2D eigenvalue weighted by atomic mass is 9.92. The van der Waals surface area contributed by atoms with Crippen molar-refractivity contribution < 1.29 is 27.5 Å². The van der Waals surface area contributed by atoms with Crippen LogP contribution in [0.5, 0.6) is 5.75 Å². The summed E-state index contributed by atoms with van der Waals surface area (Å²) in [4.78, 5) is 33.9. The van der Waals surface area contributed by atoms with Crippen LogP contribution in [0.3, 0.4) is 0 Å². The largest absolute Gasteiger partial charge is 0.573 e. The molecule has 1 aliphatic carbocycles. The number of ether oxygens (including phenoxy) is 1. The van der Waals surface area contributed by atoms with Crippen molar-refractivity contribution in [1.82, 2.24) is 29.9 Å². The Morgan fingerprint density at radius 2 is 1.95 bits per heavy atom. The average Bonchev–Trinajstić information content (AvgIpc) is 3.45. The number of hydrogen-bond acceptors (Lipinski definition) is 6. The topological polar surface area (TPSA) is 92.6 Å². The first kappa shape index (κ1) is 31.2. The summed E-state index contributed by atoms with van der Waals surface area (Å²) < 4.78 is 42.7. The lowest BCUT2D eigenvalue weighted by Gasteiger charge is -2.31. The van der Waals surface area contributed by atoms with Gasteiger partial charge in [-0.05, 0) is 67.4 Å². The van der Waals surface area contributed by atoms with Gasteiger partial charge in [-0.2, -0.15) is 11.8 Å². The first-order chi connectivity index (χ1) is 20.1. The van der Waals surface area contributed by atoms with E-state index in [4.69, 9.17) is 0 Å². The summed E-state index contributed by atoms with van der Waals surface area (Å²) in [5, 5.41) is 7.42. The molecule has 0 fully saturated rings. The standard InChI is InChI=1S/C29H35F3N6O3S/c1-20(2)24-8-4-5-9-25(24)37(26(39)18-42-3)16-14-33-28(40)36-15-6-7-21(17-36)27-34-19-38(35-27)22-10-12-23(13-11-22)41-29(30,31)32/h5,7,9-13,19-20H,4,6,8,14-18H2,1-3H3,(H,33,40). The van der Waals surface area contributed by atoms with Crippen molar-refractivity contribution in [2.75, 3.05) is 38.2 Å². The first-order valence-electron chi connectivity index (χ1n) is 13.7. The number of urea groups is 1. The lowest BCUT2D eigenvalue weighted by molar-refractivity contribution is -0.274. The van der Waals surface area contributed by atoms with E-state index in [1.807, 2.05) is 18.4 Å². The number of amides is 3. The second kappa shape index (κ2) is 14.0. The van der Waals surface area contributed by atoms with Crippen molar-refractivity contribution >= 4 is 29.3 Å². The van der Waals surface area contributed by atoms with E-state index in [1.165, 1.54) is 52.6 Å². The molecule has 0 unspecified atom stereocenters. The number of carbonyl (C=O) groups excluding carboxylic acids is 2. The number of hydrogen-bond donors (Lipinski definition) is 1. The van der Waals surface area contributed by atoms with Crippen molar-refractivity contribution in [3.05, 3.63) is 65.9 Å². The maximum absolute atomic E-state index is 13.1. The molecule has 1 aliphatic heterocycles. The van der Waals surface area contributed by atoms with E-state index in [9.17, 15) is 22.8 Å². The summed E-state index contributed by atoms with van der Waals surface area (Å²) in [6.45, 7) is 5.77. The van der Waals surface area contributed by atoms with E-state index < -0.39 is 6.36 Å². The molecule has 1 aromatic carbocycles. The molecule has 0 saturated carbocycles. The number of nitrogens with zero attached hydrogens (tertiary/aromatic N) is 5. The molecule has 0 atom stereocenters. The SMILES string of the molecule is CSCC(=O)N(CCNC(=O)N1CCC=C(c2ncn(-c3ccc(OC(F)(F)F)cc3)n2)C1)C1=C(C(C)C)CCC=C1. The van der Waals surface area contributed by atoms with Gasteiger partial charge in [-0.15, -0.1) is 18.3 Å². The van der Waals surface area contributed by atoms with Gasteiger partial charge < -0.3 is 19.9 Å². The predicted molar refractivity (Wildman–Crippen MR) is 156 cm³/mol. The van der Waals surface area contributed by atoms with Gasteiger partial charge in [0.15, 0.2) is 5.82 Å². The van der Waals surface area contributed by atoms with Gasteiger partial charge >= 0.3 is 12.4 Å². The lowest BCUT2D eigenvalue weighted by Crippen LogP contribution is -2.46. The Morgan fingerprint density at radius 3 is 2.64 bits per heavy atom. The Kier molecular flexibility index (Phi) is 10.4. The van der Waals surface area contributed by atoms with Crippen LogP contribution in [0.2, 0.25) is 0 Å². The fourth-order valence-corrected chi connectivity index (χ4v) is 5.30. The van der Waals surface area contributed by atoms with Gasteiger partial charge in [0.25, 0.3) is 0 Å². The number of carbonyl (C=O) groups is 2. The molecule has 3 amide bonds. The highest BCUT2D eigenvalue weighted by atomic mass is 32.2. The van der Waals surface area contributed by atoms with Gasteiger partial charge in [0.2, 0.25) is 5.91 Å². The number of alkyl halides is 3. The molecule has 2 heterocycles. The average molecular weight is 605 g/mol. The molecular formula is C29H35F3N6O3S. The molecule has 9 nitrogen and oxygen atoms in total. The van der Waals surface area contributed by atoms with Crippen LogP contribution in [-0.4, -0.2) is 81.1 Å². The number of halogens is 3. The van der Waals surface area contributed by atoms with Gasteiger partial charge in [0.05, 0.1) is 18.0 Å². The minimum Gasteiger partial charge on any atom is -0.406 e. The molecule has 0 spiro atoms. The van der Waals surface area contributed by atoms with Crippen LogP contribution >= 0.6 is 11.8 Å². The Morgan fingerprint density at radius 1 is 1.19 bits per heavy atom. The van der Waals surface area contributed by atoms with Crippen LogP contribution in [-0.2, 0) is 4.79 Å². The molecule has 2 aliphatic rings. The van der Waals surface area contributed by atoms with Crippen LogP contribution < -0.4 is 10.1 Å². The number of rotatable bonds is 10. The summed E-state index contributed by atoms with van der Waals surface area (Å²) in [5.41, 5.74) is 3.47. The zero-order chi connectivity index (χ0) is 30.3. The number of nitrogens with one attached hydrogen (secondary N) is 1. The summed E-state index contributed by atoms with van der Waals surface area (Å²) in [6, 6.07) is 5.07. The van der Waals surface area contributed by atoms with Crippen LogP contribution in [0, 0.1) is 5.92 Å². The van der Waals surface area contributed by atoms with Crippen LogP contribution in [0.15, 0.2) is 60.1 Å². The zero-order valence-corrected chi connectivity index (χ0v) is 24.7. The normalized spacial score (nSPS) is 15.6. The highest BCUT2D eigenvalue weighted by Crippen LogP contribution is 2.28. The van der Waals surface area contributed by atoms with Gasteiger partial charge in [-0.25, -0.2) is 14.5 Å². The Bertz CT molecular complexity index is 1350. The molecular weight excluding hydrogens is 569 g/mol. The molecule has 13 heteroatoms. The van der Waals surface area contributed by atoms with E-state index in [2.05, 4.69) is 40.1 Å². The van der Waals surface area contributed by atoms with Crippen molar-refractivity contribution in [3.8, 4) is 11.4 Å². The molecule has 42 heavy (non-hydrogen) atoms. The quantitative estimate of drug-likeness (QED) is 0.390. The predicted octanol–water partition coefficient (Wildman–Crippen LogP) is 5.42. The minimum atomic E-state index is -4.76. The van der Waals surface area contributed by atoms with Crippen LogP contribution in [0.4, 0.5) is 18.0 Å². The highest BCUT2D eigenvalue weighted by Gasteiger charge is 2.31. The van der Waals surface area contributed by atoms with E-state index in [0.717, 1.165) is 24.1 Å². The van der Waals surface area contributed by atoms with E-state index >= 15 is 0 Å². The second-order valence-corrected chi connectivity index (χ2v) is 11.1. The fourth-order valence-electron chi connectivity index (χ4n) is 4.90. The molecule has 0 radical (unpaired) electrons. The minimum absolute atomic E-state index is 0.0174. The van der Waals surface area contributed by atoms with Gasteiger partial charge in [0.1, 0.15) is 12.1 Å². The number of allylic oxidation sites excluding steroid dienone is 3. The van der Waals surface area contributed by atoms with E-state index in [1.54, 1.807) is 9.80 Å². The van der Waals surface area contributed by atoms with Crippen molar-refractivity contribution in [1.29, 1.82) is 0 Å². The number of thioether (sulfide) groups is 1. The molecule has 2 aromatic rings. The smallest absolute Gasteiger partial charge is 0.406 e. The maximum atomic E-state index is 13.1. The van der Waals surface area contributed by atoms with Gasteiger partial charge in [-0.3, -0.25) is 4.79 Å². The second-order valence-electron chi connectivity index (χ2n) is 10.2. The third kappa shape index (κ3) is 8.17. The van der Waals surface area contributed by atoms with E-state index in [-0.39, 0.29) is 17.7 Å². The third-order valence-electron chi connectivity index (χ3n) is 6.91. The monoisotopic (exact) mass is 604 g/mol. The van der Waals surface area contributed by atoms with Crippen LogP contribution in [0.1, 0.15) is 38.9 Å². The zero-order valence-electron chi connectivity index (χ0n) is 23.9.